The number of phosphoric ester groups is 2. The molecule has 1 saturated heterocycles. The molecular weight excluding hydrogens is 908 g/mol. The number of nitrogen functional groups attached to an aromatic ring is 1. The average molecular weight is 992 g/mol. The highest BCUT2D eigenvalue weighted by atomic mass is 31.3. The normalized spacial score (nSPS) is 20.2. The number of hydrogen-bond donors (Lipinski definition) is 5. The summed E-state index contributed by atoms with van der Waals surface area (Å²) in [6.45, 7) is 4.44. The van der Waals surface area contributed by atoms with E-state index in [1.165, 1.54) is 76.7 Å². The maximum Gasteiger partial charge on any atom is 0.481 e. The van der Waals surface area contributed by atoms with E-state index in [4.69, 9.17) is 29.0 Å². The number of allylic oxidation sites excluding steroid dienone is 4. The molecule has 8 atom stereocenters. The summed E-state index contributed by atoms with van der Waals surface area (Å²) in [6, 6.07) is 1.25. The van der Waals surface area contributed by atoms with E-state index >= 15 is 0 Å². The van der Waals surface area contributed by atoms with Crippen LogP contribution in [0.4, 0.5) is 5.82 Å². The van der Waals surface area contributed by atoms with Crippen LogP contribution in [0.5, 0.6) is 0 Å². The van der Waals surface area contributed by atoms with Crippen LogP contribution >= 0.6 is 15.6 Å². The number of aliphatic hydroxyl groups excluding tert-OH is 2. The van der Waals surface area contributed by atoms with E-state index in [1.807, 2.05) is 0 Å². The quantitative estimate of drug-likeness (QED) is 0.0177. The third kappa shape index (κ3) is 28.5. The minimum absolute atomic E-state index is 0.0344. The Morgan fingerprint density at radius 1 is 0.776 bits per heavy atom. The van der Waals surface area contributed by atoms with Crippen molar-refractivity contribution in [3.05, 3.63) is 47.1 Å². The third-order valence-corrected chi connectivity index (χ3v) is 14.2. The number of phosphoric acid groups is 2. The van der Waals surface area contributed by atoms with Gasteiger partial charge in [-0.25, -0.2) is 13.9 Å². The van der Waals surface area contributed by atoms with Gasteiger partial charge in [0.25, 0.3) is 0 Å². The van der Waals surface area contributed by atoms with Crippen molar-refractivity contribution in [1.29, 1.82) is 0 Å². The summed E-state index contributed by atoms with van der Waals surface area (Å²) >= 11 is 0. The molecule has 0 spiro atoms. The lowest BCUT2D eigenvalue weighted by atomic mass is 9.99. The molecule has 20 heteroatoms. The molecule has 1 aromatic heterocycles. The Morgan fingerprint density at radius 3 is 1.90 bits per heavy atom. The second-order valence-corrected chi connectivity index (χ2v) is 20.6. The number of carbonyl (C=O) groups excluding carboxylic acids is 2. The molecular formula is C47H83N3O15P2. The predicted octanol–water partition coefficient (Wildman–Crippen LogP) is 9.69. The highest BCUT2D eigenvalue weighted by Gasteiger charge is 2.46. The average Bonchev–Trinajstić information content (AvgIpc) is 3.56. The molecule has 67 heavy (non-hydrogen) atoms. The summed E-state index contributed by atoms with van der Waals surface area (Å²) in [4.78, 5) is 61.8. The van der Waals surface area contributed by atoms with Gasteiger partial charge in [-0.2, -0.15) is 9.29 Å². The van der Waals surface area contributed by atoms with E-state index in [2.05, 4.69) is 54.4 Å². The first-order valence-corrected chi connectivity index (χ1v) is 27.8. The molecule has 2 heterocycles. The number of rotatable bonds is 40. The number of aromatic nitrogens is 2. The van der Waals surface area contributed by atoms with Crippen LogP contribution in [0.15, 0.2) is 41.4 Å². The molecule has 1 fully saturated rings. The Kier molecular flexibility index (Phi) is 31.9. The molecule has 0 aromatic carbocycles. The minimum Gasteiger partial charge on any atom is -0.462 e. The summed E-state index contributed by atoms with van der Waals surface area (Å²) in [5.41, 5.74) is 4.59. The summed E-state index contributed by atoms with van der Waals surface area (Å²) in [6.07, 6.45) is 26.9. The Hall–Kier alpha value is -2.76. The van der Waals surface area contributed by atoms with Gasteiger partial charge in [0, 0.05) is 19.0 Å². The summed E-state index contributed by atoms with van der Waals surface area (Å²) < 4.78 is 56.7. The zero-order valence-electron chi connectivity index (χ0n) is 40.4. The van der Waals surface area contributed by atoms with Gasteiger partial charge in [-0.1, -0.05) is 154 Å². The van der Waals surface area contributed by atoms with Crippen molar-refractivity contribution in [3.8, 4) is 0 Å². The van der Waals surface area contributed by atoms with E-state index in [0.29, 0.717) is 12.8 Å². The van der Waals surface area contributed by atoms with E-state index < -0.39 is 83.7 Å². The van der Waals surface area contributed by atoms with Crippen LogP contribution in [0, 0.1) is 5.92 Å². The van der Waals surface area contributed by atoms with Crippen LogP contribution in [-0.2, 0) is 46.3 Å². The lowest BCUT2D eigenvalue weighted by Crippen LogP contribution is -2.36. The maximum atomic E-state index is 12.8. The zero-order chi connectivity index (χ0) is 49.3. The van der Waals surface area contributed by atoms with Gasteiger partial charge in [0.05, 0.1) is 13.2 Å². The smallest absolute Gasteiger partial charge is 0.462 e. The number of unbranched alkanes of at least 4 members (excludes halogenated alkanes) is 18. The Bertz CT molecular complexity index is 1730. The van der Waals surface area contributed by atoms with Gasteiger partial charge in [0.1, 0.15) is 30.7 Å². The number of nitrogens with two attached hydrogens (primary N) is 1. The molecule has 0 amide bonds. The Labute approximate surface area is 398 Å². The van der Waals surface area contributed by atoms with Crippen molar-refractivity contribution in [1.82, 2.24) is 9.55 Å². The van der Waals surface area contributed by atoms with E-state index in [9.17, 15) is 43.5 Å². The van der Waals surface area contributed by atoms with Crippen LogP contribution < -0.4 is 11.4 Å². The van der Waals surface area contributed by atoms with Crippen LogP contribution in [0.25, 0.3) is 0 Å². The fourth-order valence-corrected chi connectivity index (χ4v) is 9.45. The molecule has 1 aliphatic rings. The highest BCUT2D eigenvalue weighted by Crippen LogP contribution is 2.60. The minimum atomic E-state index is -5.42. The maximum absolute atomic E-state index is 12.8. The molecule has 18 nitrogen and oxygen atoms in total. The molecule has 2 rings (SSSR count). The van der Waals surface area contributed by atoms with Crippen molar-refractivity contribution in [2.75, 3.05) is 25.6 Å². The molecule has 0 radical (unpaired) electrons. The first kappa shape index (κ1) is 60.4. The number of hydrogen-bond acceptors (Lipinski definition) is 15. The third-order valence-electron chi connectivity index (χ3n) is 11.6. The molecule has 1 aliphatic heterocycles. The molecule has 6 N–H and O–H groups in total. The zero-order valence-corrected chi connectivity index (χ0v) is 42.2. The largest absolute Gasteiger partial charge is 0.481 e. The molecule has 386 valence electrons. The Morgan fingerprint density at radius 2 is 1.31 bits per heavy atom. The summed E-state index contributed by atoms with van der Waals surface area (Å²) in [5, 5.41) is 20.9. The van der Waals surface area contributed by atoms with Gasteiger partial charge in [-0.15, -0.1) is 0 Å². The predicted molar refractivity (Wildman–Crippen MR) is 257 cm³/mol. The van der Waals surface area contributed by atoms with Crippen LogP contribution in [0.3, 0.4) is 0 Å². The molecule has 0 saturated carbocycles. The van der Waals surface area contributed by atoms with Gasteiger partial charge in [-0.3, -0.25) is 23.2 Å². The van der Waals surface area contributed by atoms with Gasteiger partial charge in [0.15, 0.2) is 12.3 Å². The number of nitrogens with zero attached hydrogens (tertiary/aromatic N) is 2. The van der Waals surface area contributed by atoms with Gasteiger partial charge in [0.2, 0.25) is 0 Å². The number of esters is 2. The van der Waals surface area contributed by atoms with Crippen LogP contribution in [-0.4, -0.2) is 85.7 Å². The van der Waals surface area contributed by atoms with Crippen molar-refractivity contribution >= 4 is 33.4 Å². The second kappa shape index (κ2) is 35.4. The molecule has 0 aliphatic carbocycles. The molecule has 1 aromatic rings. The monoisotopic (exact) mass is 992 g/mol. The van der Waals surface area contributed by atoms with Crippen molar-refractivity contribution in [3.63, 3.8) is 0 Å². The standard InChI is InChI=1S/C47H83N3O15P2/c1-4-6-7-8-9-10-11-12-13-14-15-20-23-26-29-32-43(52)63-39(35-60-42(51)31-28-25-22-19-17-16-18-21-24-27-30-38(3)5-2)36-61-66(56,57)65-67(58,59)62-37-40-44(53)45(54)46(64-40)50-34-33-41(48)49-47(50)55/h10-13,33-34,38-40,44-46,53-54H,4-9,14-32,35-37H2,1-3H3,(H,56,57)(H,58,59)(H2,48,49,55)/b11-10-,13-12-/t38?,39-,40-,44+,45?,46-/m1/s1. The van der Waals surface area contributed by atoms with E-state index in [0.717, 1.165) is 80.9 Å². The summed E-state index contributed by atoms with van der Waals surface area (Å²) in [7, 11) is -10.8. The highest BCUT2D eigenvalue weighted by molar-refractivity contribution is 7.61. The Balaban J connectivity index is 1.82. The number of ether oxygens (including phenoxy) is 3. The van der Waals surface area contributed by atoms with Crippen LogP contribution in [0.1, 0.15) is 188 Å². The fraction of sp³-hybridized carbons (Fsp3) is 0.787. The fourth-order valence-electron chi connectivity index (χ4n) is 7.34. The first-order valence-electron chi connectivity index (χ1n) is 24.8. The van der Waals surface area contributed by atoms with Gasteiger partial charge in [-0.05, 0) is 50.5 Å². The lowest BCUT2D eigenvalue weighted by molar-refractivity contribution is -0.161. The summed E-state index contributed by atoms with van der Waals surface area (Å²) in [5.74, 6) is -0.503. The topological polar surface area (TPSA) is 265 Å². The number of anilines is 1. The molecule has 4 unspecified atom stereocenters. The van der Waals surface area contributed by atoms with Crippen LogP contribution in [0.2, 0.25) is 0 Å². The van der Waals surface area contributed by atoms with E-state index in [1.54, 1.807) is 0 Å². The SMILES string of the molecule is CCCCCC/C=C\C=C/CCCCCCCC(=O)O[C@H](COC(=O)CCCCCCCCCCCCC(C)CC)COP(=O)(O)OP(=O)(O)OC[C@H]1O[C@@H](n2ccc(N)nc2=O)C(O)[C@H]1O. The number of carbonyl (C=O) groups is 2. The van der Waals surface area contributed by atoms with Crippen molar-refractivity contribution < 1.29 is 66.3 Å². The first-order chi connectivity index (χ1) is 32.1. The van der Waals surface area contributed by atoms with Crippen molar-refractivity contribution in [2.24, 2.45) is 5.92 Å². The van der Waals surface area contributed by atoms with Gasteiger partial charge < -0.3 is 39.9 Å². The second-order valence-electron chi connectivity index (χ2n) is 17.6. The number of aliphatic hydroxyl groups is 2. The van der Waals surface area contributed by atoms with E-state index in [-0.39, 0.29) is 18.7 Å². The lowest BCUT2D eigenvalue weighted by Gasteiger charge is -2.21. The van der Waals surface area contributed by atoms with Gasteiger partial charge >= 0.3 is 33.3 Å². The molecule has 0 bridgehead atoms. The van der Waals surface area contributed by atoms with Crippen molar-refractivity contribution in [2.45, 2.75) is 212 Å².